The van der Waals surface area contributed by atoms with Crippen LogP contribution in [0.2, 0.25) is 0 Å². The van der Waals surface area contributed by atoms with E-state index in [1.54, 1.807) is 26.2 Å². The van der Waals surface area contributed by atoms with E-state index in [4.69, 9.17) is 16.3 Å². The van der Waals surface area contributed by atoms with E-state index in [1.165, 1.54) is 6.07 Å². The minimum absolute atomic E-state index is 0.0628. The lowest BCUT2D eigenvalue weighted by Crippen LogP contribution is -2.27. The molecule has 5 heteroatoms. The van der Waals surface area contributed by atoms with Crippen molar-refractivity contribution in [1.29, 1.82) is 0 Å². The van der Waals surface area contributed by atoms with Crippen LogP contribution in [0, 0.1) is 12.7 Å². The summed E-state index contributed by atoms with van der Waals surface area (Å²) in [6.07, 6.45) is 0.578. The Balaban J connectivity index is 2.48. The molecule has 1 atom stereocenters. The first-order valence-corrected chi connectivity index (χ1v) is 6.16. The number of methoxy groups -OCH3 is 1. The predicted molar refractivity (Wildman–Crippen MR) is 69.6 cm³/mol. The average Bonchev–Trinajstić information content (AvgIpc) is 2.33. The molecule has 0 aromatic heterocycles. The van der Waals surface area contributed by atoms with Gasteiger partial charge in [-0.1, -0.05) is 12.1 Å². The molecule has 0 radical (unpaired) electrons. The van der Waals surface area contributed by atoms with E-state index in [9.17, 15) is 9.18 Å². The number of carbonyl (C=O) groups is 1. The zero-order valence-corrected chi connectivity index (χ0v) is 11.3. The number of ether oxygens (including phenoxy) is 1. The summed E-state index contributed by atoms with van der Waals surface area (Å²) in [6.45, 7) is 2.44. The van der Waals surface area contributed by atoms with Gasteiger partial charge in [-0.3, -0.25) is 4.79 Å². The summed E-state index contributed by atoms with van der Waals surface area (Å²) in [6, 6.07) is 4.74. The molecule has 0 aliphatic heterocycles. The molecule has 0 saturated heterocycles. The van der Waals surface area contributed by atoms with Crippen LogP contribution in [0.4, 0.5) is 4.39 Å². The van der Waals surface area contributed by atoms with Crippen molar-refractivity contribution in [3.8, 4) is 0 Å². The van der Waals surface area contributed by atoms with Gasteiger partial charge in [-0.05, 0) is 25.0 Å². The van der Waals surface area contributed by atoms with Gasteiger partial charge in [0.25, 0.3) is 5.91 Å². The number of aryl methyl sites for hydroxylation is 1. The zero-order chi connectivity index (χ0) is 13.5. The van der Waals surface area contributed by atoms with E-state index in [-0.39, 0.29) is 10.9 Å². The summed E-state index contributed by atoms with van der Waals surface area (Å²) < 4.78 is 18.5. The molecule has 0 heterocycles. The van der Waals surface area contributed by atoms with Crippen LogP contribution in [0.25, 0.3) is 0 Å². The summed E-state index contributed by atoms with van der Waals surface area (Å²) in [5.74, 6) is -0.896. The van der Waals surface area contributed by atoms with Gasteiger partial charge in [0, 0.05) is 13.7 Å². The molecule has 1 rings (SSSR count). The molecule has 0 bridgehead atoms. The van der Waals surface area contributed by atoms with Crippen LogP contribution in [0.3, 0.4) is 0 Å². The molecular formula is C13H17ClFNO2. The van der Waals surface area contributed by atoms with E-state index in [0.717, 1.165) is 0 Å². The first-order chi connectivity index (χ1) is 8.56. The predicted octanol–water partition coefficient (Wildman–Crippen LogP) is 2.51. The Labute approximate surface area is 111 Å². The van der Waals surface area contributed by atoms with E-state index >= 15 is 0 Å². The maximum Gasteiger partial charge on any atom is 0.254 e. The van der Waals surface area contributed by atoms with E-state index in [0.29, 0.717) is 25.1 Å². The van der Waals surface area contributed by atoms with Crippen LogP contribution < -0.4 is 5.32 Å². The number of carbonyl (C=O) groups excluding carboxylic acids is 1. The second-order valence-corrected chi connectivity index (χ2v) is 4.65. The number of alkyl halides is 1. The lowest BCUT2D eigenvalue weighted by atomic mass is 10.1. The minimum atomic E-state index is -0.477. The summed E-state index contributed by atoms with van der Waals surface area (Å²) in [5.41, 5.74) is 0.519. The largest absolute Gasteiger partial charge is 0.383 e. The molecule has 1 aromatic carbocycles. The third-order valence-corrected chi connectivity index (χ3v) is 2.87. The average molecular weight is 274 g/mol. The van der Waals surface area contributed by atoms with Gasteiger partial charge in [0.1, 0.15) is 5.82 Å². The van der Waals surface area contributed by atoms with Gasteiger partial charge in [-0.25, -0.2) is 4.39 Å². The topological polar surface area (TPSA) is 38.3 Å². The van der Waals surface area contributed by atoms with Crippen molar-refractivity contribution in [2.75, 3.05) is 20.3 Å². The first-order valence-electron chi connectivity index (χ1n) is 5.72. The fraction of sp³-hybridized carbons (Fsp3) is 0.462. The molecular weight excluding hydrogens is 257 g/mol. The Morgan fingerprint density at radius 2 is 2.28 bits per heavy atom. The van der Waals surface area contributed by atoms with Crippen LogP contribution in [-0.2, 0) is 4.74 Å². The fourth-order valence-electron chi connectivity index (χ4n) is 1.52. The number of hydrogen-bond acceptors (Lipinski definition) is 2. The molecule has 1 N–H and O–H groups in total. The molecule has 0 spiro atoms. The smallest absolute Gasteiger partial charge is 0.254 e. The SMILES string of the molecule is COCC(Cl)CCNC(=O)c1cccc(C)c1F. The molecule has 0 aliphatic rings. The first kappa shape index (κ1) is 14.9. The molecule has 0 saturated carbocycles. The van der Waals surface area contributed by atoms with E-state index < -0.39 is 11.7 Å². The van der Waals surface area contributed by atoms with Crippen molar-refractivity contribution in [3.63, 3.8) is 0 Å². The number of amides is 1. The van der Waals surface area contributed by atoms with Crippen molar-refractivity contribution in [2.45, 2.75) is 18.7 Å². The molecule has 1 aromatic rings. The quantitative estimate of drug-likeness (QED) is 0.809. The number of rotatable bonds is 6. The summed E-state index contributed by atoms with van der Waals surface area (Å²) >= 11 is 5.92. The fourth-order valence-corrected chi connectivity index (χ4v) is 1.76. The molecule has 1 amide bonds. The maximum atomic E-state index is 13.7. The number of halogens is 2. The highest BCUT2D eigenvalue weighted by molar-refractivity contribution is 6.20. The van der Waals surface area contributed by atoms with E-state index in [2.05, 4.69) is 5.32 Å². The van der Waals surface area contributed by atoms with Crippen LogP contribution in [0.1, 0.15) is 22.3 Å². The Morgan fingerprint density at radius 1 is 1.56 bits per heavy atom. The highest BCUT2D eigenvalue weighted by Crippen LogP contribution is 2.11. The molecule has 0 fully saturated rings. The van der Waals surface area contributed by atoms with Gasteiger partial charge in [0.2, 0.25) is 0 Å². The Bertz CT molecular complexity index is 412. The molecule has 18 heavy (non-hydrogen) atoms. The molecule has 3 nitrogen and oxygen atoms in total. The Morgan fingerprint density at radius 3 is 2.94 bits per heavy atom. The lowest BCUT2D eigenvalue weighted by Gasteiger charge is -2.10. The van der Waals surface area contributed by atoms with Crippen LogP contribution >= 0.6 is 11.6 Å². The van der Waals surface area contributed by atoms with Crippen molar-refractivity contribution in [1.82, 2.24) is 5.32 Å². The van der Waals surface area contributed by atoms with Gasteiger partial charge in [0.15, 0.2) is 0 Å². The number of hydrogen-bond donors (Lipinski definition) is 1. The number of benzene rings is 1. The van der Waals surface area contributed by atoms with Crippen LogP contribution in [-0.4, -0.2) is 31.5 Å². The maximum absolute atomic E-state index is 13.7. The molecule has 1 unspecified atom stereocenters. The van der Waals surface area contributed by atoms with Crippen molar-refractivity contribution in [2.24, 2.45) is 0 Å². The highest BCUT2D eigenvalue weighted by Gasteiger charge is 2.13. The van der Waals surface area contributed by atoms with Gasteiger partial charge >= 0.3 is 0 Å². The zero-order valence-electron chi connectivity index (χ0n) is 10.5. The van der Waals surface area contributed by atoms with Gasteiger partial charge in [-0.15, -0.1) is 11.6 Å². The monoisotopic (exact) mass is 273 g/mol. The normalized spacial score (nSPS) is 12.2. The summed E-state index contributed by atoms with van der Waals surface area (Å²) in [4.78, 5) is 11.7. The van der Waals surface area contributed by atoms with Gasteiger partial charge < -0.3 is 10.1 Å². The second-order valence-electron chi connectivity index (χ2n) is 4.03. The molecule has 0 aliphatic carbocycles. The van der Waals surface area contributed by atoms with Gasteiger partial charge in [-0.2, -0.15) is 0 Å². The van der Waals surface area contributed by atoms with E-state index in [1.807, 2.05) is 0 Å². The van der Waals surface area contributed by atoms with Crippen molar-refractivity contribution >= 4 is 17.5 Å². The van der Waals surface area contributed by atoms with Crippen molar-refractivity contribution < 1.29 is 13.9 Å². The highest BCUT2D eigenvalue weighted by atomic mass is 35.5. The number of nitrogens with one attached hydrogen (secondary N) is 1. The second kappa shape index (κ2) is 7.34. The Hall–Kier alpha value is -1.13. The minimum Gasteiger partial charge on any atom is -0.383 e. The van der Waals surface area contributed by atoms with Crippen LogP contribution in [0.15, 0.2) is 18.2 Å². The standard InChI is InChI=1S/C13H17ClFNO2/c1-9-4-3-5-11(12(9)15)13(17)16-7-6-10(14)8-18-2/h3-5,10H,6-8H2,1-2H3,(H,16,17). The van der Waals surface area contributed by atoms with Crippen LogP contribution in [0.5, 0.6) is 0 Å². The Kier molecular flexibility index (Phi) is 6.09. The lowest BCUT2D eigenvalue weighted by molar-refractivity contribution is 0.0947. The summed E-state index contributed by atoms with van der Waals surface area (Å²) in [7, 11) is 1.57. The van der Waals surface area contributed by atoms with Crippen molar-refractivity contribution in [3.05, 3.63) is 35.1 Å². The summed E-state index contributed by atoms with van der Waals surface area (Å²) in [5, 5.41) is 2.48. The van der Waals surface area contributed by atoms with Gasteiger partial charge in [0.05, 0.1) is 17.5 Å². The molecule has 100 valence electrons. The third-order valence-electron chi connectivity index (χ3n) is 2.53. The third kappa shape index (κ3) is 4.27.